The van der Waals surface area contributed by atoms with Crippen LogP contribution in [0.1, 0.15) is 49.4 Å². The molecule has 0 bridgehead atoms. The number of benzene rings is 1. The van der Waals surface area contributed by atoms with Gasteiger partial charge in [0.25, 0.3) is 5.91 Å². The fourth-order valence-electron chi connectivity index (χ4n) is 2.58. The summed E-state index contributed by atoms with van der Waals surface area (Å²) in [5.41, 5.74) is 0.428. The number of carbonyl (C=O) groups excluding carboxylic acids is 1. The zero-order valence-corrected chi connectivity index (χ0v) is 14.0. The molecule has 1 fully saturated rings. The van der Waals surface area contributed by atoms with Crippen LogP contribution in [0.5, 0.6) is 5.75 Å². The molecule has 1 aliphatic heterocycles. The molecule has 0 saturated carbocycles. The molecule has 2 rings (SSSR count). The summed E-state index contributed by atoms with van der Waals surface area (Å²) in [6.07, 6.45) is 3.94. The van der Waals surface area contributed by atoms with Gasteiger partial charge in [0, 0.05) is 18.4 Å². The highest BCUT2D eigenvalue weighted by Crippen LogP contribution is 2.18. The maximum atomic E-state index is 12.2. The number of ether oxygens (including phenoxy) is 2. The Kier molecular flexibility index (Phi) is 7.06. The Bertz CT molecular complexity index is 537. The molecule has 6 heteroatoms. The summed E-state index contributed by atoms with van der Waals surface area (Å²) < 4.78 is 11.1. The third-order valence-corrected chi connectivity index (χ3v) is 4.04. The Morgan fingerprint density at radius 1 is 1.29 bits per heavy atom. The van der Waals surface area contributed by atoms with E-state index in [9.17, 15) is 14.7 Å². The number of hydrogen-bond acceptors (Lipinski definition) is 4. The zero-order valence-electron chi connectivity index (χ0n) is 14.0. The van der Waals surface area contributed by atoms with Crippen LogP contribution in [-0.2, 0) is 9.53 Å². The van der Waals surface area contributed by atoms with E-state index in [1.807, 2.05) is 6.92 Å². The van der Waals surface area contributed by atoms with Gasteiger partial charge in [0.2, 0.25) is 0 Å². The fourth-order valence-corrected chi connectivity index (χ4v) is 2.58. The Labute approximate surface area is 142 Å². The Hall–Kier alpha value is -2.08. The van der Waals surface area contributed by atoms with Crippen molar-refractivity contribution >= 4 is 11.9 Å². The second-order valence-electron chi connectivity index (χ2n) is 5.96. The molecule has 0 aromatic heterocycles. The van der Waals surface area contributed by atoms with Gasteiger partial charge in [-0.15, -0.1) is 0 Å². The standard InChI is InChI=1S/C18H25NO5/c1-2-3-4-16(18(21)22)19-17(20)13-5-7-14(8-6-13)24-15-9-11-23-12-10-15/h5-8,15-16H,2-4,9-12H2,1H3,(H,19,20)(H,21,22)/t16-/m0/s1. The van der Waals surface area contributed by atoms with Gasteiger partial charge < -0.3 is 19.9 Å². The number of carbonyl (C=O) groups is 2. The van der Waals surface area contributed by atoms with Crippen molar-refractivity contribution in [3.05, 3.63) is 29.8 Å². The maximum Gasteiger partial charge on any atom is 0.326 e. The fraction of sp³-hybridized carbons (Fsp3) is 0.556. The normalized spacial score (nSPS) is 16.4. The molecule has 132 valence electrons. The Morgan fingerprint density at radius 2 is 1.96 bits per heavy atom. The lowest BCUT2D eigenvalue weighted by Crippen LogP contribution is -2.40. The molecule has 1 aromatic rings. The molecule has 24 heavy (non-hydrogen) atoms. The molecule has 1 atom stereocenters. The van der Waals surface area contributed by atoms with Crippen LogP contribution in [0.3, 0.4) is 0 Å². The highest BCUT2D eigenvalue weighted by molar-refractivity contribution is 5.96. The van der Waals surface area contributed by atoms with Crippen molar-refractivity contribution in [1.29, 1.82) is 0 Å². The molecule has 1 aromatic carbocycles. The molecule has 1 saturated heterocycles. The lowest BCUT2D eigenvalue weighted by atomic mass is 10.1. The number of aliphatic carboxylic acids is 1. The lowest BCUT2D eigenvalue weighted by Gasteiger charge is -2.23. The van der Waals surface area contributed by atoms with Gasteiger partial charge in [-0.2, -0.15) is 0 Å². The highest BCUT2D eigenvalue weighted by Gasteiger charge is 2.20. The van der Waals surface area contributed by atoms with E-state index < -0.39 is 12.0 Å². The van der Waals surface area contributed by atoms with E-state index in [0.29, 0.717) is 30.9 Å². The Balaban J connectivity index is 1.90. The summed E-state index contributed by atoms with van der Waals surface area (Å²) in [5, 5.41) is 11.7. The molecule has 1 aliphatic rings. The highest BCUT2D eigenvalue weighted by atomic mass is 16.5. The summed E-state index contributed by atoms with van der Waals surface area (Å²) in [4.78, 5) is 23.4. The quantitative estimate of drug-likeness (QED) is 0.763. The van der Waals surface area contributed by atoms with E-state index in [1.165, 1.54) is 0 Å². The van der Waals surface area contributed by atoms with Gasteiger partial charge in [-0.05, 0) is 30.7 Å². The van der Waals surface area contributed by atoms with Crippen LogP contribution < -0.4 is 10.1 Å². The molecule has 0 unspecified atom stereocenters. The van der Waals surface area contributed by atoms with Crippen molar-refractivity contribution in [3.63, 3.8) is 0 Å². The van der Waals surface area contributed by atoms with Gasteiger partial charge in [0.15, 0.2) is 0 Å². The van der Waals surface area contributed by atoms with E-state index in [-0.39, 0.29) is 12.0 Å². The van der Waals surface area contributed by atoms with Crippen LogP contribution >= 0.6 is 0 Å². The maximum absolute atomic E-state index is 12.2. The van der Waals surface area contributed by atoms with E-state index in [4.69, 9.17) is 9.47 Å². The van der Waals surface area contributed by atoms with Gasteiger partial charge in [0.1, 0.15) is 17.9 Å². The number of unbranched alkanes of at least 4 members (excludes halogenated alkanes) is 1. The van der Waals surface area contributed by atoms with Crippen LogP contribution in [0, 0.1) is 0 Å². The first-order valence-corrected chi connectivity index (χ1v) is 8.48. The monoisotopic (exact) mass is 335 g/mol. The second kappa shape index (κ2) is 9.27. The minimum atomic E-state index is -1.00. The smallest absolute Gasteiger partial charge is 0.326 e. The number of amides is 1. The van der Waals surface area contributed by atoms with Gasteiger partial charge in [-0.1, -0.05) is 19.8 Å². The number of nitrogens with one attached hydrogen (secondary N) is 1. The molecule has 1 heterocycles. The molecule has 0 radical (unpaired) electrons. The summed E-state index contributed by atoms with van der Waals surface area (Å²) in [5.74, 6) is -0.674. The minimum Gasteiger partial charge on any atom is -0.490 e. The van der Waals surface area contributed by atoms with Crippen molar-refractivity contribution in [3.8, 4) is 5.75 Å². The first kappa shape index (κ1) is 18.3. The van der Waals surface area contributed by atoms with Gasteiger partial charge in [0.05, 0.1) is 13.2 Å². The van der Waals surface area contributed by atoms with Crippen molar-refractivity contribution in [2.24, 2.45) is 0 Å². The van der Waals surface area contributed by atoms with Gasteiger partial charge in [-0.3, -0.25) is 4.79 Å². The third kappa shape index (κ3) is 5.53. The topological polar surface area (TPSA) is 84.9 Å². The van der Waals surface area contributed by atoms with Crippen molar-refractivity contribution in [2.45, 2.75) is 51.2 Å². The van der Waals surface area contributed by atoms with E-state index >= 15 is 0 Å². The van der Waals surface area contributed by atoms with Gasteiger partial charge >= 0.3 is 5.97 Å². The number of rotatable bonds is 8. The zero-order chi connectivity index (χ0) is 17.4. The lowest BCUT2D eigenvalue weighted by molar-refractivity contribution is -0.139. The second-order valence-corrected chi connectivity index (χ2v) is 5.96. The van der Waals surface area contributed by atoms with Crippen LogP contribution in [0.4, 0.5) is 0 Å². The third-order valence-electron chi connectivity index (χ3n) is 4.04. The predicted octanol–water partition coefficient (Wildman–Crippen LogP) is 2.62. The average Bonchev–Trinajstić information content (AvgIpc) is 2.59. The number of carboxylic acid groups (broad SMARTS) is 1. The van der Waals surface area contributed by atoms with Gasteiger partial charge in [-0.25, -0.2) is 4.79 Å². The molecule has 0 aliphatic carbocycles. The minimum absolute atomic E-state index is 0.142. The molecule has 0 spiro atoms. The number of carboxylic acids is 1. The van der Waals surface area contributed by atoms with Crippen molar-refractivity contribution in [1.82, 2.24) is 5.32 Å². The summed E-state index contributed by atoms with van der Waals surface area (Å²) >= 11 is 0. The van der Waals surface area contributed by atoms with E-state index in [0.717, 1.165) is 25.7 Å². The van der Waals surface area contributed by atoms with Crippen LogP contribution in [0.25, 0.3) is 0 Å². The molecular formula is C18H25NO5. The average molecular weight is 335 g/mol. The first-order valence-electron chi connectivity index (χ1n) is 8.48. The molecule has 1 amide bonds. The van der Waals surface area contributed by atoms with E-state index in [2.05, 4.69) is 5.32 Å². The first-order chi connectivity index (χ1) is 11.6. The summed E-state index contributed by atoms with van der Waals surface area (Å²) in [6.45, 7) is 3.40. The largest absolute Gasteiger partial charge is 0.490 e. The molecule has 2 N–H and O–H groups in total. The van der Waals surface area contributed by atoms with Crippen LogP contribution in [0.2, 0.25) is 0 Å². The summed E-state index contributed by atoms with van der Waals surface area (Å²) in [6, 6.07) is 5.94. The van der Waals surface area contributed by atoms with Crippen molar-refractivity contribution in [2.75, 3.05) is 13.2 Å². The van der Waals surface area contributed by atoms with Crippen molar-refractivity contribution < 1.29 is 24.2 Å². The van der Waals surface area contributed by atoms with E-state index in [1.54, 1.807) is 24.3 Å². The number of hydrogen-bond donors (Lipinski definition) is 2. The molecule has 6 nitrogen and oxygen atoms in total. The van der Waals surface area contributed by atoms with Crippen LogP contribution in [-0.4, -0.2) is 42.3 Å². The summed E-state index contributed by atoms with van der Waals surface area (Å²) in [7, 11) is 0. The Morgan fingerprint density at radius 3 is 2.54 bits per heavy atom. The van der Waals surface area contributed by atoms with Crippen LogP contribution in [0.15, 0.2) is 24.3 Å². The molecular weight excluding hydrogens is 310 g/mol. The predicted molar refractivity (Wildman–Crippen MR) is 89.3 cm³/mol. The SMILES string of the molecule is CCCC[C@H](NC(=O)c1ccc(OC2CCOCC2)cc1)C(=O)O.